The van der Waals surface area contributed by atoms with Crippen molar-refractivity contribution in [3.8, 4) is 5.75 Å². The molecule has 20 heavy (non-hydrogen) atoms. The Bertz CT molecular complexity index is 615. The average molecular weight is 284 g/mol. The van der Waals surface area contributed by atoms with Gasteiger partial charge in [-0.2, -0.15) is 0 Å². The van der Waals surface area contributed by atoms with Crippen LogP contribution in [0, 0.1) is 0 Å². The van der Waals surface area contributed by atoms with Crippen molar-refractivity contribution in [3.05, 3.63) is 59.7 Å². The number of ketones is 1. The third-order valence-corrected chi connectivity index (χ3v) is 4.02. The summed E-state index contributed by atoms with van der Waals surface area (Å²) in [5.41, 5.74) is 1.39. The Kier molecular flexibility index (Phi) is 3.79. The lowest BCUT2D eigenvalue weighted by Crippen LogP contribution is -2.02. The van der Waals surface area contributed by atoms with E-state index < -0.39 is 0 Å². The Balaban J connectivity index is 1.81. The highest BCUT2D eigenvalue weighted by molar-refractivity contribution is 7.98. The molecule has 1 saturated carbocycles. The van der Waals surface area contributed by atoms with Gasteiger partial charge in [0.15, 0.2) is 5.78 Å². The summed E-state index contributed by atoms with van der Waals surface area (Å²) in [4.78, 5) is 13.6. The lowest BCUT2D eigenvalue weighted by molar-refractivity contribution is 0.103. The van der Waals surface area contributed by atoms with Crippen molar-refractivity contribution in [1.29, 1.82) is 0 Å². The van der Waals surface area contributed by atoms with Gasteiger partial charge in [0.2, 0.25) is 0 Å². The van der Waals surface area contributed by atoms with Crippen LogP contribution in [0.2, 0.25) is 0 Å². The number of carbonyl (C=O) groups is 1. The van der Waals surface area contributed by atoms with E-state index in [1.165, 1.54) is 0 Å². The van der Waals surface area contributed by atoms with Crippen LogP contribution < -0.4 is 4.74 Å². The standard InChI is InChI=1S/C17H16O2S/c1-20-16-9-5-12(6-10-16)17(18)13-3-2-4-15(11-13)19-14-7-8-14/h2-6,9-11,14H,7-8H2,1H3. The summed E-state index contributed by atoms with van der Waals surface area (Å²) in [5, 5.41) is 0. The molecular weight excluding hydrogens is 268 g/mol. The maximum Gasteiger partial charge on any atom is 0.193 e. The lowest BCUT2D eigenvalue weighted by atomic mass is 10.0. The molecule has 0 radical (unpaired) electrons. The number of thioether (sulfide) groups is 1. The molecule has 2 aromatic rings. The molecule has 0 aliphatic heterocycles. The van der Waals surface area contributed by atoms with E-state index in [0.29, 0.717) is 17.2 Å². The van der Waals surface area contributed by atoms with E-state index in [1.807, 2.05) is 54.8 Å². The Labute approximate surface area is 123 Å². The second-order valence-corrected chi connectivity index (χ2v) is 5.78. The molecule has 0 amide bonds. The predicted octanol–water partition coefficient (Wildman–Crippen LogP) is 4.18. The molecule has 0 spiro atoms. The van der Waals surface area contributed by atoms with Gasteiger partial charge in [-0.1, -0.05) is 12.1 Å². The first kappa shape index (κ1) is 13.3. The van der Waals surface area contributed by atoms with Gasteiger partial charge in [0.25, 0.3) is 0 Å². The van der Waals surface area contributed by atoms with Gasteiger partial charge in [0, 0.05) is 16.0 Å². The third-order valence-electron chi connectivity index (χ3n) is 3.28. The minimum absolute atomic E-state index is 0.0406. The molecule has 0 bridgehead atoms. The molecule has 0 saturated heterocycles. The molecule has 0 aromatic heterocycles. The molecule has 0 unspecified atom stereocenters. The zero-order valence-corrected chi connectivity index (χ0v) is 12.2. The summed E-state index contributed by atoms with van der Waals surface area (Å²) in [6, 6.07) is 15.2. The van der Waals surface area contributed by atoms with Crippen LogP contribution in [0.4, 0.5) is 0 Å². The zero-order chi connectivity index (χ0) is 13.9. The molecule has 3 rings (SSSR count). The quantitative estimate of drug-likeness (QED) is 0.608. The van der Waals surface area contributed by atoms with Gasteiger partial charge in [0.1, 0.15) is 5.75 Å². The van der Waals surface area contributed by atoms with Crippen molar-refractivity contribution < 1.29 is 9.53 Å². The summed E-state index contributed by atoms with van der Waals surface area (Å²) in [7, 11) is 0. The fraction of sp³-hybridized carbons (Fsp3) is 0.235. The Morgan fingerprint density at radius 3 is 2.50 bits per heavy atom. The molecule has 1 aliphatic rings. The minimum atomic E-state index is 0.0406. The summed E-state index contributed by atoms with van der Waals surface area (Å²) < 4.78 is 5.73. The monoisotopic (exact) mass is 284 g/mol. The van der Waals surface area contributed by atoms with E-state index >= 15 is 0 Å². The average Bonchev–Trinajstić information content (AvgIpc) is 3.31. The fourth-order valence-corrected chi connectivity index (χ4v) is 2.41. The number of rotatable bonds is 5. The molecule has 0 N–H and O–H groups in total. The summed E-state index contributed by atoms with van der Waals surface area (Å²) in [6.45, 7) is 0. The smallest absolute Gasteiger partial charge is 0.193 e. The predicted molar refractivity (Wildman–Crippen MR) is 81.7 cm³/mol. The molecule has 3 heteroatoms. The van der Waals surface area contributed by atoms with Crippen molar-refractivity contribution in [3.63, 3.8) is 0 Å². The van der Waals surface area contributed by atoms with Crippen LogP contribution in [-0.4, -0.2) is 18.1 Å². The molecule has 2 aromatic carbocycles. The van der Waals surface area contributed by atoms with Gasteiger partial charge in [-0.25, -0.2) is 0 Å². The van der Waals surface area contributed by atoms with Gasteiger partial charge in [-0.3, -0.25) is 4.79 Å². The van der Waals surface area contributed by atoms with Crippen molar-refractivity contribution in [2.45, 2.75) is 23.8 Å². The van der Waals surface area contributed by atoms with E-state index in [4.69, 9.17) is 4.74 Å². The van der Waals surface area contributed by atoms with E-state index in [1.54, 1.807) is 11.8 Å². The second-order valence-electron chi connectivity index (χ2n) is 4.90. The summed E-state index contributed by atoms with van der Waals surface area (Å²) in [5.74, 6) is 0.831. The van der Waals surface area contributed by atoms with Gasteiger partial charge < -0.3 is 4.74 Å². The van der Waals surface area contributed by atoms with Crippen molar-refractivity contribution in [1.82, 2.24) is 0 Å². The van der Waals surface area contributed by atoms with Crippen LogP contribution in [0.5, 0.6) is 5.75 Å². The molecule has 1 aliphatic carbocycles. The number of benzene rings is 2. The molecule has 2 nitrogen and oxygen atoms in total. The topological polar surface area (TPSA) is 26.3 Å². The minimum Gasteiger partial charge on any atom is -0.490 e. The highest BCUT2D eigenvalue weighted by Crippen LogP contribution is 2.27. The van der Waals surface area contributed by atoms with Crippen molar-refractivity contribution >= 4 is 17.5 Å². The van der Waals surface area contributed by atoms with Crippen LogP contribution >= 0.6 is 11.8 Å². The Morgan fingerprint density at radius 2 is 1.85 bits per heavy atom. The maximum atomic E-state index is 12.4. The molecule has 102 valence electrons. The van der Waals surface area contributed by atoms with E-state index in [-0.39, 0.29) is 5.78 Å². The third kappa shape index (κ3) is 3.05. The molecule has 0 heterocycles. The lowest BCUT2D eigenvalue weighted by Gasteiger charge is -2.07. The van der Waals surface area contributed by atoms with Gasteiger partial charge in [-0.05, 0) is 55.5 Å². The van der Waals surface area contributed by atoms with Gasteiger partial charge in [0.05, 0.1) is 6.10 Å². The summed E-state index contributed by atoms with van der Waals surface area (Å²) in [6.07, 6.45) is 4.61. The van der Waals surface area contributed by atoms with Crippen molar-refractivity contribution in [2.24, 2.45) is 0 Å². The van der Waals surface area contributed by atoms with E-state index in [2.05, 4.69) is 0 Å². The van der Waals surface area contributed by atoms with E-state index in [0.717, 1.165) is 23.5 Å². The van der Waals surface area contributed by atoms with Gasteiger partial charge in [-0.15, -0.1) is 11.8 Å². The largest absolute Gasteiger partial charge is 0.490 e. The Hall–Kier alpha value is -1.74. The molecule has 1 fully saturated rings. The van der Waals surface area contributed by atoms with Gasteiger partial charge >= 0.3 is 0 Å². The summed E-state index contributed by atoms with van der Waals surface area (Å²) >= 11 is 1.67. The first-order valence-corrected chi connectivity index (χ1v) is 7.94. The van der Waals surface area contributed by atoms with E-state index in [9.17, 15) is 4.79 Å². The normalized spacial score (nSPS) is 14.1. The zero-order valence-electron chi connectivity index (χ0n) is 11.3. The van der Waals surface area contributed by atoms with Crippen LogP contribution in [-0.2, 0) is 0 Å². The number of ether oxygens (including phenoxy) is 1. The number of hydrogen-bond acceptors (Lipinski definition) is 3. The highest BCUT2D eigenvalue weighted by atomic mass is 32.2. The molecule has 0 atom stereocenters. The molecular formula is C17H16O2S. The highest BCUT2D eigenvalue weighted by Gasteiger charge is 2.23. The first-order chi connectivity index (χ1) is 9.76. The van der Waals surface area contributed by atoms with Crippen LogP contribution in [0.3, 0.4) is 0 Å². The SMILES string of the molecule is CSc1ccc(C(=O)c2cccc(OC3CC3)c2)cc1. The van der Waals surface area contributed by atoms with Crippen LogP contribution in [0.25, 0.3) is 0 Å². The Morgan fingerprint density at radius 1 is 1.10 bits per heavy atom. The second kappa shape index (κ2) is 5.71. The fourth-order valence-electron chi connectivity index (χ4n) is 2.00. The van der Waals surface area contributed by atoms with Crippen LogP contribution in [0.15, 0.2) is 53.4 Å². The first-order valence-electron chi connectivity index (χ1n) is 6.72. The van der Waals surface area contributed by atoms with Crippen molar-refractivity contribution in [2.75, 3.05) is 6.26 Å². The number of hydrogen-bond donors (Lipinski definition) is 0. The van der Waals surface area contributed by atoms with Crippen LogP contribution in [0.1, 0.15) is 28.8 Å². The number of carbonyl (C=O) groups excluding carboxylic acids is 1. The maximum absolute atomic E-state index is 12.4.